The van der Waals surface area contributed by atoms with E-state index in [-0.39, 0.29) is 24.5 Å². The van der Waals surface area contributed by atoms with E-state index in [1.54, 1.807) is 18.2 Å². The van der Waals surface area contributed by atoms with Gasteiger partial charge in [-0.15, -0.1) is 0 Å². The van der Waals surface area contributed by atoms with Crippen molar-refractivity contribution in [2.24, 2.45) is 0 Å². The molecule has 0 saturated carbocycles. The van der Waals surface area contributed by atoms with Gasteiger partial charge in [0.05, 0.1) is 169 Å². The Hall–Kier alpha value is -2.25. The van der Waals surface area contributed by atoms with Crippen LogP contribution in [0, 0.1) is 0 Å². The minimum absolute atomic E-state index is 0.00413. The summed E-state index contributed by atoms with van der Waals surface area (Å²) in [6.45, 7) is 11.3. The first-order valence-electron chi connectivity index (χ1n) is 21.6. The smallest absolute Gasteiger partial charge is 0.416 e. The molecule has 0 heterocycles. The molecule has 0 bridgehead atoms. The number of nitrogens with one attached hydrogen (secondary N) is 1. The summed E-state index contributed by atoms with van der Waals surface area (Å²) in [6.07, 6.45) is 0.445. The zero-order valence-corrected chi connectivity index (χ0v) is 38.7. The third-order valence-corrected chi connectivity index (χ3v) is 9.10. The van der Waals surface area contributed by atoms with Crippen molar-refractivity contribution in [2.75, 3.05) is 175 Å². The summed E-state index contributed by atoms with van der Waals surface area (Å²) >= 11 is 2.41. The maximum atomic E-state index is 13.1. The van der Waals surface area contributed by atoms with Crippen LogP contribution in [-0.4, -0.2) is 176 Å². The lowest BCUT2D eigenvalue weighted by molar-refractivity contribution is -0.137. The van der Waals surface area contributed by atoms with Gasteiger partial charge in [0.25, 0.3) is 0 Å². The van der Waals surface area contributed by atoms with Crippen LogP contribution < -0.4 is 5.32 Å². The maximum absolute atomic E-state index is 13.1. The van der Waals surface area contributed by atoms with Crippen molar-refractivity contribution in [3.05, 3.63) is 59.7 Å². The van der Waals surface area contributed by atoms with Crippen LogP contribution in [0.25, 0.3) is 0 Å². The van der Waals surface area contributed by atoms with Crippen LogP contribution in [0.1, 0.15) is 41.6 Å². The molecule has 0 unspecified atom stereocenters. The number of anilines is 2. The van der Waals surface area contributed by atoms with E-state index in [4.69, 9.17) is 61.6 Å². The SMILES string of the molecule is O=C(OCCOCCOCCOCCOCCOCCOCCOCCOCCOCCOCCOCCOCCCCCCI)c1ccccc1Nc1cccc(C(F)(F)F)c1. The summed E-state index contributed by atoms with van der Waals surface area (Å²) in [6, 6.07) is 11.1. The fourth-order valence-electron chi connectivity index (χ4n) is 5.14. The summed E-state index contributed by atoms with van der Waals surface area (Å²) in [7, 11) is 0. The Labute approximate surface area is 384 Å². The summed E-state index contributed by atoms with van der Waals surface area (Å²) < 4.78 is 112. The Morgan fingerprint density at radius 2 is 0.810 bits per heavy atom. The molecule has 19 heteroatoms. The van der Waals surface area contributed by atoms with Gasteiger partial charge in [-0.2, -0.15) is 13.2 Å². The number of ether oxygens (including phenoxy) is 13. The quantitative estimate of drug-likeness (QED) is 0.0321. The number of esters is 1. The number of rotatable bonds is 45. The second-order valence-electron chi connectivity index (χ2n) is 13.3. The Balaban J connectivity index is 1.22. The number of carbonyl (C=O) groups excluding carboxylic acids is 1. The molecule has 362 valence electrons. The molecule has 0 saturated heterocycles. The van der Waals surface area contributed by atoms with Crippen molar-refractivity contribution in [1.29, 1.82) is 0 Å². The second kappa shape index (κ2) is 41.2. The van der Waals surface area contributed by atoms with E-state index >= 15 is 0 Å². The van der Waals surface area contributed by atoms with Gasteiger partial charge in [-0.1, -0.05) is 53.6 Å². The summed E-state index contributed by atoms with van der Waals surface area (Å²) in [4.78, 5) is 12.6. The monoisotopic (exact) mass is 1020 g/mol. The van der Waals surface area contributed by atoms with Crippen LogP contribution in [0.2, 0.25) is 0 Å². The molecule has 0 aliphatic carbocycles. The molecule has 0 atom stereocenters. The standard InChI is InChI=1S/C44H69F3INO14/c45-44(46,47)39-8-7-9-40(38-39)49-42-11-4-3-10-41(42)43(50)63-37-36-62-35-34-61-33-32-60-31-30-59-29-28-58-27-26-57-25-24-56-23-22-55-21-20-54-19-18-53-17-16-52-15-14-51-13-6-2-1-5-12-48/h3-4,7-11,38,49H,1-2,5-6,12-37H2. The van der Waals surface area contributed by atoms with E-state index in [0.717, 1.165) is 25.2 Å². The molecule has 0 spiro atoms. The highest BCUT2D eigenvalue weighted by Crippen LogP contribution is 2.32. The average Bonchev–Trinajstić information content (AvgIpc) is 3.28. The first-order chi connectivity index (χ1) is 30.9. The van der Waals surface area contributed by atoms with Gasteiger partial charge in [-0.05, 0) is 47.6 Å². The van der Waals surface area contributed by atoms with Crippen molar-refractivity contribution in [1.82, 2.24) is 0 Å². The number of alkyl halides is 4. The van der Waals surface area contributed by atoms with Crippen LogP contribution in [0.5, 0.6) is 0 Å². The molecular weight excluding hydrogens is 950 g/mol. The first kappa shape index (κ1) is 56.9. The molecule has 0 aliphatic heterocycles. The second-order valence-corrected chi connectivity index (χ2v) is 14.4. The lowest BCUT2D eigenvalue weighted by atomic mass is 10.1. The van der Waals surface area contributed by atoms with Gasteiger partial charge in [-0.25, -0.2) is 4.79 Å². The van der Waals surface area contributed by atoms with E-state index < -0.39 is 17.7 Å². The molecule has 63 heavy (non-hydrogen) atoms. The van der Waals surface area contributed by atoms with Crippen LogP contribution in [-0.2, 0) is 67.8 Å². The van der Waals surface area contributed by atoms with Crippen molar-refractivity contribution in [3.8, 4) is 0 Å². The largest absolute Gasteiger partial charge is 0.460 e. The predicted octanol–water partition coefficient (Wildman–Crippen LogP) is 6.80. The Bertz CT molecular complexity index is 1350. The van der Waals surface area contributed by atoms with E-state index in [1.165, 1.54) is 41.9 Å². The number of carbonyl (C=O) groups is 1. The Morgan fingerprint density at radius 1 is 0.444 bits per heavy atom. The minimum Gasteiger partial charge on any atom is -0.460 e. The Morgan fingerprint density at radius 3 is 1.21 bits per heavy atom. The zero-order valence-electron chi connectivity index (χ0n) is 36.6. The lowest BCUT2D eigenvalue weighted by Gasteiger charge is -2.13. The highest BCUT2D eigenvalue weighted by molar-refractivity contribution is 14.1. The molecule has 15 nitrogen and oxygen atoms in total. The summed E-state index contributed by atoms with van der Waals surface area (Å²) in [5.74, 6) is -0.630. The molecule has 0 amide bonds. The number of benzene rings is 2. The summed E-state index contributed by atoms with van der Waals surface area (Å²) in [5, 5.41) is 2.86. The lowest BCUT2D eigenvalue weighted by Crippen LogP contribution is -2.16. The van der Waals surface area contributed by atoms with Crippen LogP contribution in [0.15, 0.2) is 48.5 Å². The predicted molar refractivity (Wildman–Crippen MR) is 239 cm³/mol. The normalized spacial score (nSPS) is 11.7. The number of unbranched alkanes of at least 4 members (excludes halogenated alkanes) is 3. The molecule has 1 N–H and O–H groups in total. The van der Waals surface area contributed by atoms with Gasteiger partial charge in [0, 0.05) is 12.3 Å². The van der Waals surface area contributed by atoms with Gasteiger partial charge in [0.15, 0.2) is 0 Å². The fourth-order valence-corrected chi connectivity index (χ4v) is 5.68. The molecule has 0 radical (unpaired) electrons. The van der Waals surface area contributed by atoms with Gasteiger partial charge in [0.2, 0.25) is 0 Å². The van der Waals surface area contributed by atoms with E-state index in [1.807, 2.05) is 0 Å². The van der Waals surface area contributed by atoms with Gasteiger partial charge < -0.3 is 66.9 Å². The number of para-hydroxylation sites is 1. The highest BCUT2D eigenvalue weighted by atomic mass is 127. The van der Waals surface area contributed by atoms with Crippen LogP contribution >= 0.6 is 22.6 Å². The van der Waals surface area contributed by atoms with Crippen molar-refractivity contribution in [3.63, 3.8) is 0 Å². The molecule has 0 aliphatic rings. The number of hydrogen-bond acceptors (Lipinski definition) is 15. The van der Waals surface area contributed by atoms with Gasteiger partial charge >= 0.3 is 12.1 Å². The first-order valence-corrected chi connectivity index (χ1v) is 23.1. The van der Waals surface area contributed by atoms with Crippen LogP contribution in [0.3, 0.4) is 0 Å². The fraction of sp³-hybridized carbons (Fsp3) is 0.705. The van der Waals surface area contributed by atoms with Crippen molar-refractivity contribution < 1.29 is 79.5 Å². The molecule has 2 rings (SSSR count). The Kier molecular flexibility index (Phi) is 37.2. The molecule has 2 aromatic rings. The van der Waals surface area contributed by atoms with Gasteiger partial charge in [-0.3, -0.25) is 0 Å². The summed E-state index contributed by atoms with van der Waals surface area (Å²) in [5.41, 5.74) is -0.0949. The zero-order chi connectivity index (χ0) is 45.2. The third kappa shape index (κ3) is 33.8. The van der Waals surface area contributed by atoms with Crippen LogP contribution in [0.4, 0.5) is 24.5 Å². The van der Waals surface area contributed by atoms with Gasteiger partial charge in [0.1, 0.15) is 6.61 Å². The molecule has 2 aromatic carbocycles. The minimum atomic E-state index is -4.48. The highest BCUT2D eigenvalue weighted by Gasteiger charge is 2.30. The van der Waals surface area contributed by atoms with E-state index in [2.05, 4.69) is 27.9 Å². The van der Waals surface area contributed by atoms with Crippen molar-refractivity contribution >= 4 is 39.9 Å². The number of hydrogen-bond donors (Lipinski definition) is 1. The topological polar surface area (TPSA) is 149 Å². The third-order valence-electron chi connectivity index (χ3n) is 8.34. The van der Waals surface area contributed by atoms with Crippen molar-refractivity contribution in [2.45, 2.75) is 31.9 Å². The molecule has 0 fully saturated rings. The molecule has 0 aromatic heterocycles. The average molecular weight is 1020 g/mol. The number of halogens is 4. The molecular formula is C44H69F3INO14. The maximum Gasteiger partial charge on any atom is 0.416 e. The van der Waals surface area contributed by atoms with E-state index in [9.17, 15) is 18.0 Å². The van der Waals surface area contributed by atoms with E-state index in [0.29, 0.717) is 151 Å².